The number of anilines is 1. The summed E-state index contributed by atoms with van der Waals surface area (Å²) in [7, 11) is 1.65. The number of nitrogens with one attached hydrogen (secondary N) is 1. The predicted octanol–water partition coefficient (Wildman–Crippen LogP) is 1.94. The first-order valence-corrected chi connectivity index (χ1v) is 5.88. The van der Waals surface area contributed by atoms with Gasteiger partial charge >= 0.3 is 0 Å². The summed E-state index contributed by atoms with van der Waals surface area (Å²) in [4.78, 5) is 11.5. The highest BCUT2D eigenvalue weighted by molar-refractivity contribution is 5.90. The minimum absolute atomic E-state index is 0.00247. The highest BCUT2D eigenvalue weighted by Gasteiger charge is 2.05. The van der Waals surface area contributed by atoms with Crippen LogP contribution in [0.25, 0.3) is 0 Å². The van der Waals surface area contributed by atoms with Gasteiger partial charge in [-0.1, -0.05) is 6.92 Å². The molecule has 0 fully saturated rings. The molecule has 0 aromatic heterocycles. The van der Waals surface area contributed by atoms with Gasteiger partial charge in [-0.25, -0.2) is 0 Å². The molecule has 0 saturated heterocycles. The van der Waals surface area contributed by atoms with Crippen LogP contribution in [0.3, 0.4) is 0 Å². The number of carbonyl (C=O) groups is 1. The van der Waals surface area contributed by atoms with E-state index in [-0.39, 0.29) is 5.91 Å². The quantitative estimate of drug-likeness (QED) is 0.793. The Morgan fingerprint density at radius 3 is 2.82 bits per heavy atom. The Morgan fingerprint density at radius 1 is 1.47 bits per heavy atom. The smallest absolute Gasteiger partial charge is 0.224 e. The van der Waals surface area contributed by atoms with Crippen molar-refractivity contribution in [3.8, 4) is 5.75 Å². The van der Waals surface area contributed by atoms with E-state index in [0.29, 0.717) is 19.4 Å². The van der Waals surface area contributed by atoms with Crippen molar-refractivity contribution in [2.24, 2.45) is 5.73 Å². The number of hydrogen-bond acceptors (Lipinski definition) is 3. The molecule has 0 atom stereocenters. The predicted molar refractivity (Wildman–Crippen MR) is 69.3 cm³/mol. The van der Waals surface area contributed by atoms with Crippen molar-refractivity contribution in [2.75, 3.05) is 19.0 Å². The van der Waals surface area contributed by atoms with Gasteiger partial charge in [0.2, 0.25) is 5.91 Å². The van der Waals surface area contributed by atoms with Crippen LogP contribution in [0.1, 0.15) is 25.3 Å². The third-order valence-corrected chi connectivity index (χ3v) is 2.55. The Kier molecular flexibility index (Phi) is 5.49. The molecule has 0 saturated carbocycles. The van der Waals surface area contributed by atoms with Crippen LogP contribution in [0.5, 0.6) is 5.75 Å². The topological polar surface area (TPSA) is 64.4 Å². The molecular weight excluding hydrogens is 216 g/mol. The second-order valence-corrected chi connectivity index (χ2v) is 3.82. The number of nitrogens with two attached hydrogens (primary N) is 1. The number of hydrogen-bond donors (Lipinski definition) is 2. The summed E-state index contributed by atoms with van der Waals surface area (Å²) >= 11 is 0. The zero-order valence-corrected chi connectivity index (χ0v) is 10.5. The van der Waals surface area contributed by atoms with E-state index in [2.05, 4.69) is 12.2 Å². The average Bonchev–Trinajstić information content (AvgIpc) is 2.36. The molecule has 4 heteroatoms. The highest BCUT2D eigenvalue weighted by Crippen LogP contribution is 2.23. The van der Waals surface area contributed by atoms with E-state index < -0.39 is 0 Å². The van der Waals surface area contributed by atoms with Gasteiger partial charge < -0.3 is 15.8 Å². The van der Waals surface area contributed by atoms with Crippen LogP contribution in [0.2, 0.25) is 0 Å². The van der Waals surface area contributed by atoms with Crippen molar-refractivity contribution < 1.29 is 9.53 Å². The van der Waals surface area contributed by atoms with Crippen LogP contribution < -0.4 is 15.8 Å². The molecule has 1 aromatic rings. The standard InChI is InChI=1S/C13H20N2O2/c1-3-10-9-11(6-7-12(10)17-2)15-13(16)5-4-8-14/h6-7,9H,3-5,8,14H2,1-2H3,(H,15,16). The molecule has 0 spiro atoms. The number of methoxy groups -OCH3 is 1. The minimum Gasteiger partial charge on any atom is -0.496 e. The molecule has 1 aromatic carbocycles. The Labute approximate surface area is 102 Å². The highest BCUT2D eigenvalue weighted by atomic mass is 16.5. The van der Waals surface area contributed by atoms with E-state index in [1.165, 1.54) is 0 Å². The second kappa shape index (κ2) is 6.91. The normalized spacial score (nSPS) is 10.1. The van der Waals surface area contributed by atoms with Gasteiger partial charge in [0.15, 0.2) is 0 Å². The maximum Gasteiger partial charge on any atom is 0.224 e. The SMILES string of the molecule is CCc1cc(NC(=O)CCCN)ccc1OC. The van der Waals surface area contributed by atoms with Gasteiger partial charge in [0, 0.05) is 12.1 Å². The first-order valence-electron chi connectivity index (χ1n) is 5.88. The zero-order chi connectivity index (χ0) is 12.7. The van der Waals surface area contributed by atoms with Crippen molar-refractivity contribution in [1.82, 2.24) is 0 Å². The molecule has 0 aliphatic rings. The third kappa shape index (κ3) is 4.07. The molecule has 0 aliphatic heterocycles. The van der Waals surface area contributed by atoms with Crippen LogP contribution in [0, 0.1) is 0 Å². The Hall–Kier alpha value is -1.55. The second-order valence-electron chi connectivity index (χ2n) is 3.82. The zero-order valence-electron chi connectivity index (χ0n) is 10.5. The first-order chi connectivity index (χ1) is 8.21. The van der Waals surface area contributed by atoms with Crippen molar-refractivity contribution in [3.63, 3.8) is 0 Å². The summed E-state index contributed by atoms with van der Waals surface area (Å²) in [5, 5.41) is 2.85. The lowest BCUT2D eigenvalue weighted by molar-refractivity contribution is -0.116. The van der Waals surface area contributed by atoms with Crippen molar-refractivity contribution in [3.05, 3.63) is 23.8 Å². The van der Waals surface area contributed by atoms with Gasteiger partial charge in [0.25, 0.3) is 0 Å². The molecule has 0 aliphatic carbocycles. The van der Waals surface area contributed by atoms with E-state index in [9.17, 15) is 4.79 Å². The molecule has 4 nitrogen and oxygen atoms in total. The molecule has 0 heterocycles. The summed E-state index contributed by atoms with van der Waals surface area (Å²) in [6.45, 7) is 2.59. The third-order valence-electron chi connectivity index (χ3n) is 2.55. The summed E-state index contributed by atoms with van der Waals surface area (Å²) in [6.07, 6.45) is 2.04. The molecule has 1 rings (SSSR count). The fraction of sp³-hybridized carbons (Fsp3) is 0.462. The van der Waals surface area contributed by atoms with Gasteiger partial charge in [0.05, 0.1) is 7.11 Å². The number of amides is 1. The lowest BCUT2D eigenvalue weighted by Crippen LogP contribution is -2.13. The van der Waals surface area contributed by atoms with Crippen LogP contribution >= 0.6 is 0 Å². The number of rotatable bonds is 6. The van der Waals surface area contributed by atoms with Gasteiger partial charge in [0.1, 0.15) is 5.75 Å². The fourth-order valence-corrected chi connectivity index (χ4v) is 1.62. The van der Waals surface area contributed by atoms with Gasteiger partial charge in [-0.2, -0.15) is 0 Å². The molecular formula is C13H20N2O2. The molecule has 94 valence electrons. The van der Waals surface area contributed by atoms with Crippen LogP contribution in [-0.2, 0) is 11.2 Å². The van der Waals surface area contributed by atoms with Gasteiger partial charge in [-0.15, -0.1) is 0 Å². The fourth-order valence-electron chi connectivity index (χ4n) is 1.62. The van der Waals surface area contributed by atoms with E-state index in [4.69, 9.17) is 10.5 Å². The molecule has 1 amide bonds. The number of ether oxygens (including phenoxy) is 1. The maximum atomic E-state index is 11.5. The van der Waals surface area contributed by atoms with Crippen molar-refractivity contribution in [1.29, 1.82) is 0 Å². The molecule has 3 N–H and O–H groups in total. The maximum absolute atomic E-state index is 11.5. The summed E-state index contributed by atoms with van der Waals surface area (Å²) in [5.41, 5.74) is 7.25. The van der Waals surface area contributed by atoms with Crippen LogP contribution in [0.4, 0.5) is 5.69 Å². The van der Waals surface area contributed by atoms with E-state index >= 15 is 0 Å². The molecule has 17 heavy (non-hydrogen) atoms. The van der Waals surface area contributed by atoms with Crippen LogP contribution in [0.15, 0.2) is 18.2 Å². The molecule has 0 radical (unpaired) electrons. The summed E-state index contributed by atoms with van der Waals surface area (Å²) in [5.74, 6) is 0.857. The lowest BCUT2D eigenvalue weighted by Gasteiger charge is -2.10. The lowest BCUT2D eigenvalue weighted by atomic mass is 10.1. The summed E-state index contributed by atoms with van der Waals surface area (Å²) in [6, 6.07) is 5.66. The van der Waals surface area contributed by atoms with Crippen LogP contribution in [-0.4, -0.2) is 19.6 Å². The van der Waals surface area contributed by atoms with Crippen molar-refractivity contribution >= 4 is 11.6 Å². The van der Waals surface area contributed by atoms with E-state index in [1.54, 1.807) is 7.11 Å². The Morgan fingerprint density at radius 2 is 2.24 bits per heavy atom. The van der Waals surface area contributed by atoms with Crippen molar-refractivity contribution in [2.45, 2.75) is 26.2 Å². The van der Waals surface area contributed by atoms with Gasteiger partial charge in [-0.3, -0.25) is 4.79 Å². The number of carbonyl (C=O) groups excluding carboxylic acids is 1. The number of benzene rings is 1. The number of aryl methyl sites for hydroxylation is 1. The first kappa shape index (κ1) is 13.5. The Bertz CT molecular complexity index is 378. The monoisotopic (exact) mass is 236 g/mol. The van der Waals surface area contributed by atoms with E-state index in [1.807, 2.05) is 18.2 Å². The largest absolute Gasteiger partial charge is 0.496 e. The van der Waals surface area contributed by atoms with Gasteiger partial charge in [-0.05, 0) is 43.1 Å². The minimum atomic E-state index is 0.00247. The molecule has 0 bridgehead atoms. The average molecular weight is 236 g/mol. The van der Waals surface area contributed by atoms with E-state index in [0.717, 1.165) is 23.4 Å². The molecule has 0 unspecified atom stereocenters. The summed E-state index contributed by atoms with van der Waals surface area (Å²) < 4.78 is 5.23. The Balaban J connectivity index is 2.68.